The van der Waals surface area contributed by atoms with Gasteiger partial charge in [-0.3, -0.25) is 0 Å². The fourth-order valence-electron chi connectivity index (χ4n) is 1.90. The second-order valence-corrected chi connectivity index (χ2v) is 6.30. The molecule has 0 aliphatic rings. The van der Waals surface area contributed by atoms with Crippen molar-refractivity contribution in [3.63, 3.8) is 0 Å². The van der Waals surface area contributed by atoms with Crippen LogP contribution in [0.1, 0.15) is 31.9 Å². The number of rotatable bonds is 2. The van der Waals surface area contributed by atoms with Gasteiger partial charge in [0.15, 0.2) is 0 Å². The number of hydrogen-bond acceptors (Lipinski definition) is 2. The largest absolute Gasteiger partial charge is 0.443 e. The predicted molar refractivity (Wildman–Crippen MR) is 91.5 cm³/mol. The molecule has 0 saturated heterocycles. The van der Waals surface area contributed by atoms with E-state index in [0.29, 0.717) is 12.1 Å². The van der Waals surface area contributed by atoms with Crippen LogP contribution in [-0.4, -0.2) is 16.6 Å². The topological polar surface area (TPSA) is 29.5 Å². The van der Waals surface area contributed by atoms with E-state index >= 15 is 0 Å². The van der Waals surface area contributed by atoms with E-state index < -0.39 is 11.7 Å². The third kappa shape index (κ3) is 5.77. The van der Waals surface area contributed by atoms with Crippen molar-refractivity contribution in [1.82, 2.24) is 4.90 Å². The summed E-state index contributed by atoms with van der Waals surface area (Å²) in [4.78, 5) is 13.7. The summed E-state index contributed by atoms with van der Waals surface area (Å²) in [7, 11) is 0. The number of benzene rings is 2. The van der Waals surface area contributed by atoms with Gasteiger partial charge >= 0.3 is 6.09 Å². The second-order valence-electron chi connectivity index (χ2n) is 6.30. The predicted octanol–water partition coefficient (Wildman–Crippen LogP) is 4.57. The van der Waals surface area contributed by atoms with E-state index in [-0.39, 0.29) is 5.82 Å². The van der Waals surface area contributed by atoms with Crippen molar-refractivity contribution in [2.24, 2.45) is 0 Å². The van der Waals surface area contributed by atoms with Gasteiger partial charge in [0.1, 0.15) is 11.4 Å². The normalized spacial score (nSPS) is 10.5. The van der Waals surface area contributed by atoms with Crippen molar-refractivity contribution in [3.05, 3.63) is 71.5 Å². The number of nitrogens with zero attached hydrogens (tertiary/aromatic N) is 1. The van der Waals surface area contributed by atoms with Crippen LogP contribution in [0.5, 0.6) is 0 Å². The lowest BCUT2D eigenvalue weighted by molar-refractivity contribution is 0.0341. The molecule has 4 heteroatoms. The van der Waals surface area contributed by atoms with Crippen molar-refractivity contribution in [3.8, 4) is 12.0 Å². The Hall–Kier alpha value is -2.80. The number of amides is 1. The Bertz CT molecular complexity index is 737. The van der Waals surface area contributed by atoms with Gasteiger partial charge in [-0.1, -0.05) is 30.3 Å². The van der Waals surface area contributed by atoms with E-state index in [1.165, 1.54) is 17.0 Å². The Morgan fingerprint density at radius 3 is 2.29 bits per heavy atom. The first-order valence-electron chi connectivity index (χ1n) is 7.65. The molecule has 0 spiro atoms. The van der Waals surface area contributed by atoms with Crippen molar-refractivity contribution in [2.45, 2.75) is 32.9 Å². The molecule has 24 heavy (non-hydrogen) atoms. The van der Waals surface area contributed by atoms with Crippen molar-refractivity contribution < 1.29 is 13.9 Å². The summed E-state index contributed by atoms with van der Waals surface area (Å²) in [5, 5.41) is 0. The lowest BCUT2D eigenvalue weighted by Gasteiger charge is -2.23. The molecule has 2 aromatic carbocycles. The number of carbonyl (C=O) groups is 1. The number of hydrogen-bond donors (Lipinski definition) is 0. The summed E-state index contributed by atoms with van der Waals surface area (Å²) >= 11 is 0. The minimum Gasteiger partial charge on any atom is -0.443 e. The molecule has 0 bridgehead atoms. The molecule has 0 saturated carbocycles. The van der Waals surface area contributed by atoms with Gasteiger partial charge in [0.25, 0.3) is 0 Å². The molecule has 2 rings (SSSR count). The second kappa shape index (κ2) is 7.65. The average molecular weight is 325 g/mol. The summed E-state index contributed by atoms with van der Waals surface area (Å²) < 4.78 is 18.4. The maximum Gasteiger partial charge on any atom is 0.422 e. The molecule has 0 aliphatic heterocycles. The van der Waals surface area contributed by atoms with E-state index in [1.54, 1.807) is 32.9 Å². The van der Waals surface area contributed by atoms with Gasteiger partial charge in [0.05, 0.1) is 6.54 Å². The molecule has 1 amide bonds. The van der Waals surface area contributed by atoms with Gasteiger partial charge in [-0.25, -0.2) is 14.1 Å². The maximum absolute atomic E-state index is 13.0. The molecule has 0 N–H and O–H groups in total. The first-order valence-corrected chi connectivity index (χ1v) is 7.65. The number of halogens is 1. The Morgan fingerprint density at radius 1 is 1.08 bits per heavy atom. The summed E-state index contributed by atoms with van der Waals surface area (Å²) in [6.45, 7) is 5.72. The molecule has 0 aliphatic carbocycles. The van der Waals surface area contributed by atoms with Crippen LogP contribution in [0.15, 0.2) is 54.6 Å². The molecule has 0 heterocycles. The van der Waals surface area contributed by atoms with Gasteiger partial charge < -0.3 is 4.74 Å². The summed E-state index contributed by atoms with van der Waals surface area (Å²) in [5.41, 5.74) is 0.957. The standard InChI is InChI=1S/C20H20FNO2/c1-20(2,3)24-19(23)22(15-17-7-5-4-6-8-17)14-13-16-9-11-18(21)12-10-16/h4-12H,15H2,1-3H3. The first-order chi connectivity index (χ1) is 11.3. The highest BCUT2D eigenvalue weighted by Gasteiger charge is 2.21. The zero-order chi connectivity index (χ0) is 17.6. The number of ether oxygens (including phenoxy) is 1. The molecular formula is C20H20FNO2. The van der Waals surface area contributed by atoms with E-state index in [2.05, 4.69) is 12.0 Å². The highest BCUT2D eigenvalue weighted by atomic mass is 19.1. The van der Waals surface area contributed by atoms with Crippen LogP contribution >= 0.6 is 0 Å². The Balaban J connectivity index is 2.22. The summed E-state index contributed by atoms with van der Waals surface area (Å²) in [6.07, 6.45) is -0.513. The van der Waals surface area contributed by atoms with Crippen LogP contribution in [-0.2, 0) is 11.3 Å². The van der Waals surface area contributed by atoms with Crippen LogP contribution in [0.25, 0.3) is 0 Å². The zero-order valence-corrected chi connectivity index (χ0v) is 14.0. The maximum atomic E-state index is 13.0. The van der Waals surface area contributed by atoms with Crippen LogP contribution in [0, 0.1) is 17.8 Å². The van der Waals surface area contributed by atoms with Gasteiger partial charge in [-0.05, 0) is 56.5 Å². The van der Waals surface area contributed by atoms with Gasteiger partial charge in [0.2, 0.25) is 0 Å². The summed E-state index contributed by atoms with van der Waals surface area (Å²) in [6, 6.07) is 18.1. The van der Waals surface area contributed by atoms with Gasteiger partial charge in [0, 0.05) is 11.6 Å². The van der Waals surface area contributed by atoms with Crippen molar-refractivity contribution in [2.75, 3.05) is 0 Å². The minimum atomic E-state index is -0.608. The zero-order valence-electron chi connectivity index (χ0n) is 14.0. The minimum absolute atomic E-state index is 0.309. The average Bonchev–Trinajstić information content (AvgIpc) is 2.52. The lowest BCUT2D eigenvalue weighted by Crippen LogP contribution is -2.33. The fourth-order valence-corrected chi connectivity index (χ4v) is 1.90. The molecule has 124 valence electrons. The molecule has 0 unspecified atom stereocenters. The quantitative estimate of drug-likeness (QED) is 0.598. The highest BCUT2D eigenvalue weighted by molar-refractivity contribution is 5.70. The van der Waals surface area contributed by atoms with Crippen molar-refractivity contribution >= 4 is 6.09 Å². The Labute approximate surface area is 142 Å². The van der Waals surface area contributed by atoms with E-state index in [1.807, 2.05) is 30.3 Å². The van der Waals surface area contributed by atoms with Gasteiger partial charge in [-0.2, -0.15) is 0 Å². The van der Waals surface area contributed by atoms with Crippen molar-refractivity contribution in [1.29, 1.82) is 0 Å². The Kier molecular flexibility index (Phi) is 5.59. The van der Waals surface area contributed by atoms with Crippen LogP contribution in [0.2, 0.25) is 0 Å². The molecular weight excluding hydrogens is 305 g/mol. The van der Waals surface area contributed by atoms with E-state index in [0.717, 1.165) is 5.56 Å². The summed E-state index contributed by atoms with van der Waals surface area (Å²) in [5.74, 6) is 2.54. The SMILES string of the molecule is CC(C)(C)OC(=O)N(C#Cc1ccc(F)cc1)Cc1ccccc1. The third-order valence-corrected chi connectivity index (χ3v) is 2.98. The number of carbonyl (C=O) groups excluding carboxylic acids is 1. The Morgan fingerprint density at radius 2 is 1.71 bits per heavy atom. The lowest BCUT2D eigenvalue weighted by atomic mass is 10.2. The van der Waals surface area contributed by atoms with Crippen LogP contribution in [0.4, 0.5) is 9.18 Å². The molecule has 0 radical (unpaired) electrons. The third-order valence-electron chi connectivity index (χ3n) is 2.98. The first kappa shape index (κ1) is 17.6. The van der Waals surface area contributed by atoms with Gasteiger partial charge in [-0.15, -0.1) is 0 Å². The molecule has 3 nitrogen and oxygen atoms in total. The van der Waals surface area contributed by atoms with E-state index in [4.69, 9.17) is 4.74 Å². The highest BCUT2D eigenvalue weighted by Crippen LogP contribution is 2.12. The molecule has 0 atom stereocenters. The monoisotopic (exact) mass is 325 g/mol. The smallest absolute Gasteiger partial charge is 0.422 e. The molecule has 0 fully saturated rings. The van der Waals surface area contributed by atoms with Crippen LogP contribution in [0.3, 0.4) is 0 Å². The fraction of sp³-hybridized carbons (Fsp3) is 0.250. The van der Waals surface area contributed by atoms with Crippen LogP contribution < -0.4 is 0 Å². The molecule has 2 aromatic rings. The molecule has 0 aromatic heterocycles. The van der Waals surface area contributed by atoms with E-state index in [9.17, 15) is 9.18 Å².